The summed E-state index contributed by atoms with van der Waals surface area (Å²) >= 11 is 0. The fourth-order valence-corrected chi connectivity index (χ4v) is 7.75. The van der Waals surface area contributed by atoms with Crippen LogP contribution in [0.3, 0.4) is 0 Å². The molecule has 5 nitrogen and oxygen atoms in total. The van der Waals surface area contributed by atoms with Crippen LogP contribution in [0.15, 0.2) is 183 Å². The normalized spacial score (nSPS) is 11.8. The Morgan fingerprint density at radius 3 is 1.90 bits per heavy atom. The zero-order valence-electron chi connectivity index (χ0n) is 27.8. The molecule has 3 aromatic heterocycles. The Morgan fingerprint density at radius 1 is 0.423 bits per heavy atom. The maximum atomic E-state index is 6.81. The van der Waals surface area contributed by atoms with Crippen molar-refractivity contribution < 1.29 is 13.3 Å². The third-order valence-corrected chi connectivity index (χ3v) is 10.1. The molecule has 11 rings (SSSR count). The van der Waals surface area contributed by atoms with E-state index in [1.807, 2.05) is 72.8 Å². The number of rotatable bonds is 5. The number of anilines is 3. The Hall–Kier alpha value is -7.11. The summed E-state index contributed by atoms with van der Waals surface area (Å²) in [6.45, 7) is 0. The summed E-state index contributed by atoms with van der Waals surface area (Å²) in [7, 11) is 0. The maximum Gasteiger partial charge on any atom is 0.227 e. The van der Waals surface area contributed by atoms with Crippen molar-refractivity contribution in [2.75, 3.05) is 4.90 Å². The molecule has 0 atom stereocenters. The lowest BCUT2D eigenvalue weighted by molar-refractivity contribution is 0.619. The van der Waals surface area contributed by atoms with Crippen molar-refractivity contribution in [2.24, 2.45) is 0 Å². The van der Waals surface area contributed by atoms with Gasteiger partial charge in [-0.3, -0.25) is 0 Å². The smallest absolute Gasteiger partial charge is 0.227 e. The fourth-order valence-electron chi connectivity index (χ4n) is 7.75. The summed E-state index contributed by atoms with van der Waals surface area (Å²) in [6, 6.07) is 58.4. The minimum Gasteiger partial charge on any atom is -0.456 e. The first-order valence-corrected chi connectivity index (χ1v) is 17.4. The van der Waals surface area contributed by atoms with E-state index < -0.39 is 0 Å². The molecule has 0 bridgehead atoms. The van der Waals surface area contributed by atoms with Crippen molar-refractivity contribution in [2.45, 2.75) is 0 Å². The molecule has 0 radical (unpaired) electrons. The minimum absolute atomic E-state index is 0.563. The van der Waals surface area contributed by atoms with Crippen molar-refractivity contribution >= 4 is 82.8 Å². The van der Waals surface area contributed by atoms with E-state index in [4.69, 9.17) is 18.2 Å². The Balaban J connectivity index is 1.21. The van der Waals surface area contributed by atoms with Crippen molar-refractivity contribution in [1.29, 1.82) is 0 Å². The summed E-state index contributed by atoms with van der Waals surface area (Å²) < 4.78 is 19.8. The van der Waals surface area contributed by atoms with Crippen LogP contribution >= 0.6 is 0 Å². The molecule has 3 heterocycles. The third kappa shape index (κ3) is 4.33. The van der Waals surface area contributed by atoms with Gasteiger partial charge < -0.3 is 18.2 Å². The first-order chi connectivity index (χ1) is 25.8. The number of hydrogen-bond donors (Lipinski definition) is 0. The molecular weight excluding hydrogens is 641 g/mol. The number of para-hydroxylation sites is 2. The average Bonchev–Trinajstić information content (AvgIpc) is 3.92. The number of nitrogens with zero attached hydrogens (tertiary/aromatic N) is 2. The number of oxazole rings is 1. The quantitative estimate of drug-likeness (QED) is 0.183. The van der Waals surface area contributed by atoms with E-state index in [-0.39, 0.29) is 0 Å². The van der Waals surface area contributed by atoms with Gasteiger partial charge in [0.2, 0.25) is 5.89 Å². The molecule has 11 aromatic rings. The third-order valence-electron chi connectivity index (χ3n) is 10.1. The lowest BCUT2D eigenvalue weighted by Gasteiger charge is -2.26. The van der Waals surface area contributed by atoms with Gasteiger partial charge >= 0.3 is 0 Å². The zero-order chi connectivity index (χ0) is 34.2. The number of aromatic nitrogens is 1. The van der Waals surface area contributed by atoms with Crippen LogP contribution in [0.1, 0.15) is 0 Å². The molecule has 0 spiro atoms. The van der Waals surface area contributed by atoms with Gasteiger partial charge in [0, 0.05) is 28.1 Å². The predicted molar refractivity (Wildman–Crippen MR) is 212 cm³/mol. The second-order valence-corrected chi connectivity index (χ2v) is 13.1. The van der Waals surface area contributed by atoms with Gasteiger partial charge in [-0.05, 0) is 70.4 Å². The summed E-state index contributed by atoms with van der Waals surface area (Å²) in [5.74, 6) is 0.563. The first kappa shape index (κ1) is 28.7. The fraction of sp³-hybridized carbons (Fsp3) is 0. The lowest BCUT2D eigenvalue weighted by atomic mass is 9.98. The van der Waals surface area contributed by atoms with Crippen LogP contribution in [0.5, 0.6) is 0 Å². The number of hydrogen-bond acceptors (Lipinski definition) is 5. The summed E-state index contributed by atoms with van der Waals surface area (Å²) in [4.78, 5) is 7.34. The van der Waals surface area contributed by atoms with E-state index in [9.17, 15) is 0 Å². The molecule has 0 unspecified atom stereocenters. The molecule has 0 aliphatic rings. The van der Waals surface area contributed by atoms with E-state index in [0.717, 1.165) is 77.6 Å². The topological polar surface area (TPSA) is 55.6 Å². The summed E-state index contributed by atoms with van der Waals surface area (Å²) in [6.07, 6.45) is 0. The number of fused-ring (bicyclic) bond motifs is 9. The van der Waals surface area contributed by atoms with Gasteiger partial charge in [-0.1, -0.05) is 115 Å². The molecule has 5 heteroatoms. The molecule has 0 aliphatic carbocycles. The van der Waals surface area contributed by atoms with Gasteiger partial charge in [0.15, 0.2) is 11.2 Å². The first-order valence-electron chi connectivity index (χ1n) is 17.4. The highest BCUT2D eigenvalue weighted by atomic mass is 16.4. The van der Waals surface area contributed by atoms with Crippen molar-refractivity contribution in [1.82, 2.24) is 4.98 Å². The molecule has 244 valence electrons. The van der Waals surface area contributed by atoms with E-state index in [1.54, 1.807) is 0 Å². The van der Waals surface area contributed by atoms with Crippen LogP contribution in [-0.2, 0) is 0 Å². The van der Waals surface area contributed by atoms with Gasteiger partial charge in [0.25, 0.3) is 0 Å². The van der Waals surface area contributed by atoms with Crippen LogP contribution in [-0.4, -0.2) is 4.98 Å². The molecule has 0 fully saturated rings. The number of benzene rings is 8. The highest BCUT2D eigenvalue weighted by Crippen LogP contribution is 2.49. The van der Waals surface area contributed by atoms with Gasteiger partial charge in [0.1, 0.15) is 22.3 Å². The predicted octanol–water partition coefficient (Wildman–Crippen LogP) is 13.6. The maximum absolute atomic E-state index is 6.81. The second kappa shape index (κ2) is 11.2. The highest BCUT2D eigenvalue weighted by Gasteiger charge is 2.27. The summed E-state index contributed by atoms with van der Waals surface area (Å²) in [5.41, 5.74) is 10.6. The van der Waals surface area contributed by atoms with E-state index >= 15 is 0 Å². The Morgan fingerprint density at radius 2 is 1.08 bits per heavy atom. The van der Waals surface area contributed by atoms with Crippen LogP contribution < -0.4 is 4.90 Å². The Labute approximate surface area is 297 Å². The van der Waals surface area contributed by atoms with Crippen LogP contribution in [0.4, 0.5) is 17.1 Å². The Bertz CT molecular complexity index is 3130. The molecular formula is C47H28N2O3. The van der Waals surface area contributed by atoms with Crippen LogP contribution in [0, 0.1) is 0 Å². The standard InChI is InChI=1S/C47H28N2O3/c1-2-13-31(14-3-1)47-48-45-42(52-47)28-38(46-44(45)36-18-7-9-22-40(36)51-46)49(37-20-11-23-41-43(37)35-17-6-8-21-39(35)50-41)32-26-24-30(25-27-32)34-19-10-15-29-12-4-5-16-33(29)34/h1-28H. The SMILES string of the molecule is c1ccc(-c2nc3c(cc(N(c4ccc(-c5cccc6ccccc56)cc4)c4cccc5oc6ccccc6c45)c4oc5ccccc5c43)o2)cc1. The lowest BCUT2D eigenvalue weighted by Crippen LogP contribution is -2.10. The average molecular weight is 669 g/mol. The van der Waals surface area contributed by atoms with Crippen LogP contribution in [0.25, 0.3) is 88.3 Å². The molecule has 0 saturated heterocycles. The van der Waals surface area contributed by atoms with Gasteiger partial charge in [-0.2, -0.15) is 0 Å². The molecule has 52 heavy (non-hydrogen) atoms. The summed E-state index contributed by atoms with van der Waals surface area (Å²) in [5, 5.41) is 6.39. The van der Waals surface area contributed by atoms with Gasteiger partial charge in [-0.15, -0.1) is 0 Å². The van der Waals surface area contributed by atoms with Gasteiger partial charge in [0.05, 0.1) is 22.1 Å². The van der Waals surface area contributed by atoms with E-state index in [0.29, 0.717) is 11.5 Å². The van der Waals surface area contributed by atoms with Gasteiger partial charge in [-0.25, -0.2) is 4.98 Å². The molecule has 0 aliphatic heterocycles. The van der Waals surface area contributed by atoms with Crippen molar-refractivity contribution in [3.63, 3.8) is 0 Å². The van der Waals surface area contributed by atoms with Crippen LogP contribution in [0.2, 0.25) is 0 Å². The Kier molecular flexibility index (Phi) is 6.18. The minimum atomic E-state index is 0.563. The van der Waals surface area contributed by atoms with Crippen molar-refractivity contribution in [3.8, 4) is 22.6 Å². The van der Waals surface area contributed by atoms with E-state index in [1.165, 1.54) is 16.3 Å². The highest BCUT2D eigenvalue weighted by molar-refractivity contribution is 6.22. The molecule has 0 N–H and O–H groups in total. The van der Waals surface area contributed by atoms with Crippen molar-refractivity contribution in [3.05, 3.63) is 170 Å². The molecule has 8 aromatic carbocycles. The molecule has 0 amide bonds. The molecule has 0 saturated carbocycles. The monoisotopic (exact) mass is 668 g/mol. The largest absolute Gasteiger partial charge is 0.456 e. The second-order valence-electron chi connectivity index (χ2n) is 13.1. The number of furan rings is 2. The zero-order valence-corrected chi connectivity index (χ0v) is 27.8. The van der Waals surface area contributed by atoms with E-state index in [2.05, 4.69) is 102 Å².